The van der Waals surface area contributed by atoms with Gasteiger partial charge < -0.3 is 31.3 Å². The van der Waals surface area contributed by atoms with Gasteiger partial charge in [-0.2, -0.15) is 0 Å². The first-order valence-corrected chi connectivity index (χ1v) is 19.9. The fraction of sp³-hybridized carbons (Fsp3) is 0.676. The largest absolute Gasteiger partial charge is 0.480 e. The highest BCUT2D eigenvalue weighted by molar-refractivity contribution is 14.1. The summed E-state index contributed by atoms with van der Waals surface area (Å²) in [6.07, 6.45) is 4.25. The molecule has 17 heteroatoms. The Balaban J connectivity index is 1.97. The molecule has 1 aliphatic rings. The fourth-order valence-corrected chi connectivity index (χ4v) is 6.42. The van der Waals surface area contributed by atoms with Crippen molar-refractivity contribution in [2.75, 3.05) is 91.6 Å². The first-order chi connectivity index (χ1) is 25.7. The van der Waals surface area contributed by atoms with E-state index in [4.69, 9.17) is 0 Å². The van der Waals surface area contributed by atoms with Crippen LogP contribution in [0.5, 0.6) is 0 Å². The van der Waals surface area contributed by atoms with E-state index in [0.29, 0.717) is 57.9 Å². The molecule has 1 atom stereocenters. The van der Waals surface area contributed by atoms with Crippen LogP contribution in [0.1, 0.15) is 57.9 Å². The summed E-state index contributed by atoms with van der Waals surface area (Å²) in [4.78, 5) is 80.6. The molecule has 0 bridgehead atoms. The average molecular weight is 874 g/mol. The van der Waals surface area contributed by atoms with Gasteiger partial charge in [-0.05, 0) is 84.7 Å². The number of halogens is 1. The van der Waals surface area contributed by atoms with E-state index in [2.05, 4.69) is 52.4 Å². The number of hydrogen-bond acceptors (Lipinski definition) is 10. The first-order valence-electron chi connectivity index (χ1n) is 18.8. The van der Waals surface area contributed by atoms with Gasteiger partial charge in [0.05, 0.1) is 26.2 Å². The van der Waals surface area contributed by atoms with E-state index < -0.39 is 23.9 Å². The zero-order valence-corrected chi connectivity index (χ0v) is 33.9. The molecule has 0 spiro atoms. The minimum Gasteiger partial charge on any atom is -0.480 e. The molecule has 0 saturated carbocycles. The molecule has 54 heavy (non-hydrogen) atoms. The third kappa shape index (κ3) is 22.1. The van der Waals surface area contributed by atoms with Gasteiger partial charge in [0.2, 0.25) is 17.7 Å². The van der Waals surface area contributed by atoms with Crippen molar-refractivity contribution in [2.24, 2.45) is 5.92 Å². The number of carboxylic acids is 3. The number of carboxylic acid groups (broad SMARTS) is 3. The van der Waals surface area contributed by atoms with Crippen LogP contribution < -0.4 is 16.0 Å². The molecule has 16 nitrogen and oxygen atoms in total. The summed E-state index contributed by atoms with van der Waals surface area (Å²) in [7, 11) is 0. The van der Waals surface area contributed by atoms with Gasteiger partial charge in [-0.1, -0.05) is 26.0 Å². The predicted octanol–water partition coefficient (Wildman–Crippen LogP) is 1.02. The van der Waals surface area contributed by atoms with Crippen molar-refractivity contribution in [2.45, 2.75) is 64.8 Å². The second kappa shape index (κ2) is 26.4. The molecule has 1 aromatic carbocycles. The third-order valence-corrected chi connectivity index (χ3v) is 9.78. The second-order valence-corrected chi connectivity index (χ2v) is 15.5. The zero-order valence-electron chi connectivity index (χ0n) is 31.8. The summed E-state index contributed by atoms with van der Waals surface area (Å²) in [6, 6.07) is 7.40. The lowest BCUT2D eigenvalue weighted by molar-refractivity contribution is -0.140. The summed E-state index contributed by atoms with van der Waals surface area (Å²) >= 11 is 2.25. The number of aryl methyl sites for hydroxylation is 1. The number of aliphatic carboxylic acids is 3. The molecule has 0 aliphatic carbocycles. The quantitative estimate of drug-likeness (QED) is 0.0711. The van der Waals surface area contributed by atoms with Crippen LogP contribution in [0.3, 0.4) is 0 Å². The van der Waals surface area contributed by atoms with Crippen molar-refractivity contribution in [3.05, 3.63) is 33.4 Å². The average Bonchev–Trinajstić information content (AvgIpc) is 3.09. The van der Waals surface area contributed by atoms with Crippen molar-refractivity contribution in [3.63, 3.8) is 0 Å². The lowest BCUT2D eigenvalue weighted by Crippen LogP contribution is -2.50. The smallest absolute Gasteiger partial charge is 0.317 e. The zero-order chi connectivity index (χ0) is 39.9. The molecule has 304 valence electrons. The maximum absolute atomic E-state index is 13.1. The van der Waals surface area contributed by atoms with Gasteiger partial charge in [0.15, 0.2) is 0 Å². The molecule has 1 aromatic rings. The Kier molecular flexibility index (Phi) is 22.9. The number of amides is 3. The molecule has 1 saturated heterocycles. The lowest BCUT2D eigenvalue weighted by atomic mass is 10.1. The van der Waals surface area contributed by atoms with Crippen LogP contribution in [-0.2, 0) is 35.2 Å². The van der Waals surface area contributed by atoms with Gasteiger partial charge in [-0.15, -0.1) is 0 Å². The Morgan fingerprint density at radius 2 is 1.07 bits per heavy atom. The SMILES string of the molecule is CC(C)CCCNC(=O)[C@@H](CCCNC(=O)CN1CCN(CC(=O)O)CCN(CC(=O)O)CCN(CC(=O)O)CC1)NC(=O)CCCc1ccc(I)cc1. The Bertz CT molecular complexity index is 1300. The molecule has 1 aliphatic heterocycles. The van der Waals surface area contributed by atoms with Crippen LogP contribution in [0.25, 0.3) is 0 Å². The predicted molar refractivity (Wildman–Crippen MR) is 212 cm³/mol. The van der Waals surface area contributed by atoms with E-state index in [1.54, 1.807) is 14.7 Å². The van der Waals surface area contributed by atoms with Crippen LogP contribution in [0.2, 0.25) is 0 Å². The standard InChI is InChI=1S/C37H60IN7O9/c1-28(2)6-4-15-40-37(54)31(41-32(46)9-3-7-29-10-12-30(38)13-11-29)8-5-14-39-33(47)24-42-16-18-43(25-34(48)49)20-22-45(27-36(52)53)23-21-44(19-17-42)26-35(50)51/h10-13,28,31H,3-9,14-27H2,1-2H3,(H,39,47)(H,40,54)(H,41,46)(H,48,49)(H,50,51)(H,52,53)/t31-/m1/s1. The highest BCUT2D eigenvalue weighted by Crippen LogP contribution is 2.10. The summed E-state index contributed by atoms with van der Waals surface area (Å²) in [5, 5.41) is 37.0. The first kappa shape index (κ1) is 46.8. The van der Waals surface area contributed by atoms with Crippen LogP contribution in [0.15, 0.2) is 24.3 Å². The molecular weight excluding hydrogens is 813 g/mol. The van der Waals surface area contributed by atoms with E-state index in [0.717, 1.165) is 28.4 Å². The Morgan fingerprint density at radius 3 is 1.54 bits per heavy atom. The number of nitrogens with one attached hydrogen (secondary N) is 3. The molecule has 2 rings (SSSR count). The molecule has 6 N–H and O–H groups in total. The summed E-state index contributed by atoms with van der Waals surface area (Å²) in [6.45, 7) is 6.66. The minimum atomic E-state index is -1.03. The Hall–Kier alpha value is -3.39. The number of carbonyl (C=O) groups excluding carboxylic acids is 3. The van der Waals surface area contributed by atoms with Gasteiger partial charge in [0, 0.05) is 75.4 Å². The lowest BCUT2D eigenvalue weighted by Gasteiger charge is -2.32. The number of benzene rings is 1. The van der Waals surface area contributed by atoms with Crippen molar-refractivity contribution < 1.29 is 44.1 Å². The Morgan fingerprint density at radius 1 is 0.630 bits per heavy atom. The van der Waals surface area contributed by atoms with Crippen molar-refractivity contribution in [1.82, 2.24) is 35.6 Å². The highest BCUT2D eigenvalue weighted by Gasteiger charge is 2.23. The molecule has 3 amide bonds. The van der Waals surface area contributed by atoms with Crippen molar-refractivity contribution >= 4 is 58.2 Å². The molecule has 1 heterocycles. The van der Waals surface area contributed by atoms with E-state index in [9.17, 15) is 44.1 Å². The number of nitrogens with zero attached hydrogens (tertiary/aromatic N) is 4. The van der Waals surface area contributed by atoms with E-state index in [1.807, 2.05) is 29.2 Å². The van der Waals surface area contributed by atoms with E-state index in [1.165, 1.54) is 0 Å². The minimum absolute atomic E-state index is 0.00989. The molecule has 0 radical (unpaired) electrons. The number of hydrogen-bond donors (Lipinski definition) is 6. The normalized spacial score (nSPS) is 16.1. The maximum Gasteiger partial charge on any atom is 0.317 e. The van der Waals surface area contributed by atoms with Gasteiger partial charge in [-0.3, -0.25) is 48.4 Å². The van der Waals surface area contributed by atoms with Gasteiger partial charge in [0.25, 0.3) is 0 Å². The molecular formula is C37H60IN7O9. The fourth-order valence-electron chi connectivity index (χ4n) is 6.06. The number of rotatable bonds is 22. The van der Waals surface area contributed by atoms with Gasteiger partial charge >= 0.3 is 17.9 Å². The Labute approximate surface area is 332 Å². The van der Waals surface area contributed by atoms with E-state index in [-0.39, 0.29) is 83.0 Å². The van der Waals surface area contributed by atoms with Gasteiger partial charge in [-0.25, -0.2) is 0 Å². The van der Waals surface area contributed by atoms with Crippen LogP contribution in [0, 0.1) is 9.49 Å². The maximum atomic E-state index is 13.1. The highest BCUT2D eigenvalue weighted by atomic mass is 127. The number of carbonyl (C=O) groups is 6. The summed E-state index contributed by atoms with van der Waals surface area (Å²) in [5.74, 6) is -3.30. The molecule has 0 unspecified atom stereocenters. The monoisotopic (exact) mass is 873 g/mol. The van der Waals surface area contributed by atoms with Crippen LogP contribution in [0.4, 0.5) is 0 Å². The summed E-state index contributed by atoms with van der Waals surface area (Å²) < 4.78 is 1.14. The van der Waals surface area contributed by atoms with Gasteiger partial charge in [0.1, 0.15) is 6.04 Å². The van der Waals surface area contributed by atoms with Crippen LogP contribution >= 0.6 is 22.6 Å². The van der Waals surface area contributed by atoms with Crippen molar-refractivity contribution in [3.8, 4) is 0 Å². The van der Waals surface area contributed by atoms with Crippen molar-refractivity contribution in [1.29, 1.82) is 0 Å². The second-order valence-electron chi connectivity index (χ2n) is 14.2. The molecule has 0 aromatic heterocycles. The topological polar surface area (TPSA) is 212 Å². The van der Waals surface area contributed by atoms with E-state index >= 15 is 0 Å². The third-order valence-electron chi connectivity index (χ3n) is 9.06. The van der Waals surface area contributed by atoms with Crippen LogP contribution in [-0.4, -0.2) is 168 Å². The summed E-state index contributed by atoms with van der Waals surface area (Å²) in [5.41, 5.74) is 1.14. The molecule has 1 fully saturated rings.